The van der Waals surface area contributed by atoms with Crippen molar-refractivity contribution in [2.45, 2.75) is 18.3 Å². The molecular formula is C17H19N3O3S. The number of furan rings is 1. The van der Waals surface area contributed by atoms with Gasteiger partial charge in [0.2, 0.25) is 5.91 Å². The van der Waals surface area contributed by atoms with Gasteiger partial charge in [-0.15, -0.1) is 0 Å². The maximum absolute atomic E-state index is 12.5. The largest absolute Gasteiger partial charge is 0.467 e. The second-order valence-corrected chi connectivity index (χ2v) is 6.22. The van der Waals surface area contributed by atoms with E-state index in [1.807, 2.05) is 35.1 Å². The molecule has 1 atom stereocenters. The van der Waals surface area contributed by atoms with E-state index in [1.165, 1.54) is 6.26 Å². The number of benzene rings is 1. The molecule has 2 aromatic heterocycles. The van der Waals surface area contributed by atoms with Gasteiger partial charge in [0.15, 0.2) is 0 Å². The van der Waals surface area contributed by atoms with E-state index in [1.54, 1.807) is 23.9 Å². The van der Waals surface area contributed by atoms with Crippen LogP contribution in [0, 0.1) is 0 Å². The average Bonchev–Trinajstić information content (AvgIpc) is 3.22. The molecule has 0 fully saturated rings. The summed E-state index contributed by atoms with van der Waals surface area (Å²) in [5.41, 5.74) is 1.80. The molecular weight excluding hydrogens is 326 g/mol. The van der Waals surface area contributed by atoms with E-state index in [0.717, 1.165) is 22.6 Å². The summed E-state index contributed by atoms with van der Waals surface area (Å²) < 4.78 is 7.17. The average molecular weight is 345 g/mol. The van der Waals surface area contributed by atoms with Crippen LogP contribution < -0.4 is 5.32 Å². The fraction of sp³-hybridized carbons (Fsp3) is 0.294. The Labute approximate surface area is 143 Å². The minimum Gasteiger partial charge on any atom is -0.467 e. The van der Waals surface area contributed by atoms with Crippen LogP contribution in [0.2, 0.25) is 0 Å². The quantitative estimate of drug-likeness (QED) is 0.687. The fourth-order valence-electron chi connectivity index (χ4n) is 2.62. The van der Waals surface area contributed by atoms with Crippen molar-refractivity contribution in [1.82, 2.24) is 14.9 Å². The number of amides is 1. The van der Waals surface area contributed by atoms with Crippen LogP contribution in [0.1, 0.15) is 17.6 Å². The van der Waals surface area contributed by atoms with Gasteiger partial charge in [-0.2, -0.15) is 11.8 Å². The fourth-order valence-corrected chi connectivity index (χ4v) is 3.10. The van der Waals surface area contributed by atoms with E-state index in [2.05, 4.69) is 10.3 Å². The van der Waals surface area contributed by atoms with Gasteiger partial charge < -0.3 is 19.4 Å². The van der Waals surface area contributed by atoms with E-state index < -0.39 is 6.04 Å². The molecule has 24 heavy (non-hydrogen) atoms. The molecule has 2 N–H and O–H groups in total. The number of aliphatic hydroxyl groups excluding tert-OH is 1. The number of nitrogens with zero attached hydrogens (tertiary/aromatic N) is 2. The number of nitrogens with one attached hydrogen (secondary N) is 1. The topological polar surface area (TPSA) is 80.3 Å². The molecule has 3 aromatic rings. The zero-order valence-corrected chi connectivity index (χ0v) is 14.1. The molecule has 0 aliphatic rings. The van der Waals surface area contributed by atoms with Gasteiger partial charge in [0.05, 0.1) is 29.7 Å². The van der Waals surface area contributed by atoms with E-state index in [9.17, 15) is 9.90 Å². The highest BCUT2D eigenvalue weighted by atomic mass is 32.2. The van der Waals surface area contributed by atoms with Crippen molar-refractivity contribution >= 4 is 28.7 Å². The molecule has 0 aliphatic heterocycles. The Morgan fingerprint density at radius 3 is 2.92 bits per heavy atom. The third kappa shape index (κ3) is 3.47. The number of thioether (sulfide) groups is 1. The normalized spacial score (nSPS) is 12.4. The summed E-state index contributed by atoms with van der Waals surface area (Å²) in [6.07, 6.45) is 3.52. The minimum atomic E-state index is -0.550. The van der Waals surface area contributed by atoms with Crippen molar-refractivity contribution < 1.29 is 14.3 Å². The molecule has 1 aromatic carbocycles. The second-order valence-electron chi connectivity index (χ2n) is 5.35. The molecule has 0 saturated heterocycles. The van der Waals surface area contributed by atoms with Gasteiger partial charge in [-0.1, -0.05) is 12.1 Å². The Kier molecular flexibility index (Phi) is 5.22. The first-order valence-corrected chi connectivity index (χ1v) is 8.99. The Bertz CT molecular complexity index is 814. The first-order valence-electron chi connectivity index (χ1n) is 7.59. The zero-order chi connectivity index (χ0) is 16.9. The van der Waals surface area contributed by atoms with Gasteiger partial charge in [0.25, 0.3) is 0 Å². The van der Waals surface area contributed by atoms with Gasteiger partial charge in [-0.25, -0.2) is 4.98 Å². The monoisotopic (exact) mass is 345 g/mol. The van der Waals surface area contributed by atoms with Crippen molar-refractivity contribution in [2.75, 3.05) is 12.9 Å². The van der Waals surface area contributed by atoms with Crippen molar-refractivity contribution in [3.63, 3.8) is 0 Å². The highest BCUT2D eigenvalue weighted by Gasteiger charge is 2.18. The molecule has 0 bridgehead atoms. The van der Waals surface area contributed by atoms with Crippen molar-refractivity contribution in [2.24, 2.45) is 0 Å². The number of aliphatic hydroxyl groups is 1. The number of carbonyl (C=O) groups is 1. The Balaban J connectivity index is 1.81. The van der Waals surface area contributed by atoms with Crippen LogP contribution in [-0.2, 0) is 17.1 Å². The molecule has 1 amide bonds. The first kappa shape index (κ1) is 16.6. The first-order chi connectivity index (χ1) is 11.7. The van der Waals surface area contributed by atoms with Crippen LogP contribution in [-0.4, -0.2) is 33.4 Å². The predicted octanol–water partition coefficient (Wildman–Crippen LogP) is 2.34. The zero-order valence-electron chi connectivity index (χ0n) is 13.3. The third-order valence-corrected chi connectivity index (χ3v) is 4.26. The van der Waals surface area contributed by atoms with Crippen LogP contribution in [0.4, 0.5) is 0 Å². The summed E-state index contributed by atoms with van der Waals surface area (Å²) in [6.45, 7) is -0.0742. The molecule has 1 unspecified atom stereocenters. The number of carbonyl (C=O) groups excluding carboxylic acids is 1. The SMILES string of the molecule is CSCc1nc2ccccc2n1CC(=O)NC(CO)c1ccco1. The van der Waals surface area contributed by atoms with Crippen molar-refractivity contribution in [3.05, 3.63) is 54.2 Å². The van der Waals surface area contributed by atoms with Crippen LogP contribution in [0.3, 0.4) is 0 Å². The van der Waals surface area contributed by atoms with E-state index in [4.69, 9.17) is 4.42 Å². The van der Waals surface area contributed by atoms with E-state index in [0.29, 0.717) is 5.76 Å². The highest BCUT2D eigenvalue weighted by molar-refractivity contribution is 7.97. The molecule has 0 saturated carbocycles. The summed E-state index contributed by atoms with van der Waals surface area (Å²) in [4.78, 5) is 17.1. The lowest BCUT2D eigenvalue weighted by Gasteiger charge is -2.15. The number of fused-ring (bicyclic) bond motifs is 1. The molecule has 0 spiro atoms. The maximum atomic E-state index is 12.5. The van der Waals surface area contributed by atoms with Gasteiger partial charge in [0.1, 0.15) is 24.2 Å². The standard InChI is InChI=1S/C17H19N3O3S/c1-24-11-16-18-12-5-2-3-6-14(12)20(16)9-17(22)19-13(10-21)15-7-4-8-23-15/h2-8,13,21H,9-11H2,1H3,(H,19,22). The van der Waals surface area contributed by atoms with E-state index in [-0.39, 0.29) is 19.1 Å². The summed E-state index contributed by atoms with van der Waals surface area (Å²) >= 11 is 1.66. The van der Waals surface area contributed by atoms with E-state index >= 15 is 0 Å². The van der Waals surface area contributed by atoms with Gasteiger partial charge in [0, 0.05) is 0 Å². The number of para-hydroxylation sites is 2. The predicted molar refractivity (Wildman–Crippen MR) is 93.6 cm³/mol. The third-order valence-electron chi connectivity index (χ3n) is 3.71. The lowest BCUT2D eigenvalue weighted by molar-refractivity contribution is -0.122. The molecule has 126 valence electrons. The summed E-state index contributed by atoms with van der Waals surface area (Å²) in [5, 5.41) is 12.3. The van der Waals surface area contributed by atoms with Crippen LogP contribution in [0.15, 0.2) is 47.1 Å². The molecule has 3 rings (SSSR count). The van der Waals surface area contributed by atoms with Crippen LogP contribution in [0.25, 0.3) is 11.0 Å². The number of rotatable bonds is 7. The molecule has 0 radical (unpaired) electrons. The Hall–Kier alpha value is -2.25. The summed E-state index contributed by atoms with van der Waals surface area (Å²) in [6, 6.07) is 10.7. The number of hydrogen-bond donors (Lipinski definition) is 2. The number of aromatic nitrogens is 2. The summed E-state index contributed by atoms with van der Waals surface area (Å²) in [5.74, 6) is 1.92. The molecule has 6 nitrogen and oxygen atoms in total. The summed E-state index contributed by atoms with van der Waals surface area (Å²) in [7, 11) is 0. The molecule has 2 heterocycles. The minimum absolute atomic E-state index is 0.146. The number of hydrogen-bond acceptors (Lipinski definition) is 5. The molecule has 7 heteroatoms. The van der Waals surface area contributed by atoms with Crippen molar-refractivity contribution in [1.29, 1.82) is 0 Å². The highest BCUT2D eigenvalue weighted by Crippen LogP contribution is 2.19. The van der Waals surface area contributed by atoms with Crippen LogP contribution in [0.5, 0.6) is 0 Å². The van der Waals surface area contributed by atoms with Crippen molar-refractivity contribution in [3.8, 4) is 0 Å². The van der Waals surface area contributed by atoms with Gasteiger partial charge in [-0.3, -0.25) is 4.79 Å². The lowest BCUT2D eigenvalue weighted by atomic mass is 10.2. The second kappa shape index (κ2) is 7.55. The smallest absolute Gasteiger partial charge is 0.240 e. The number of imidazole rings is 1. The van der Waals surface area contributed by atoms with Gasteiger partial charge >= 0.3 is 0 Å². The Morgan fingerprint density at radius 2 is 2.21 bits per heavy atom. The lowest BCUT2D eigenvalue weighted by Crippen LogP contribution is -2.33. The maximum Gasteiger partial charge on any atom is 0.240 e. The molecule has 0 aliphatic carbocycles. The van der Waals surface area contributed by atoms with Crippen LogP contribution >= 0.6 is 11.8 Å². The van der Waals surface area contributed by atoms with Gasteiger partial charge in [-0.05, 0) is 30.5 Å². The Morgan fingerprint density at radius 1 is 1.38 bits per heavy atom.